The summed E-state index contributed by atoms with van der Waals surface area (Å²) in [7, 11) is 2.39. The Morgan fingerprint density at radius 1 is 1.04 bits per heavy atom. The standard InChI is InChI=1S/C17H19NO7/c1-17(2)11(12(17)14(20)21)13(19)18-10-7-8(15(22)24-3)5-6-9(10)16(23)25-4/h5-7,11-12H,1-4H3,(H,18,19)(H,20,21)/t11-,12-/m0/s1. The van der Waals surface area contributed by atoms with E-state index in [9.17, 15) is 24.3 Å². The molecule has 1 aromatic rings. The Labute approximate surface area is 144 Å². The van der Waals surface area contributed by atoms with E-state index in [0.717, 1.165) is 0 Å². The molecule has 0 unspecified atom stereocenters. The van der Waals surface area contributed by atoms with Crippen LogP contribution >= 0.6 is 0 Å². The smallest absolute Gasteiger partial charge is 0.339 e. The Kier molecular flexibility index (Phi) is 4.82. The lowest BCUT2D eigenvalue weighted by Crippen LogP contribution is -2.20. The van der Waals surface area contributed by atoms with Crippen LogP contribution in [0.3, 0.4) is 0 Å². The van der Waals surface area contributed by atoms with E-state index in [1.54, 1.807) is 13.8 Å². The summed E-state index contributed by atoms with van der Waals surface area (Å²) in [6, 6.07) is 4.00. The average Bonchev–Trinajstić information content (AvgIpc) is 3.16. The second kappa shape index (κ2) is 6.54. The number of carbonyl (C=O) groups excluding carboxylic acids is 3. The van der Waals surface area contributed by atoms with Gasteiger partial charge in [0.05, 0.1) is 42.9 Å². The minimum Gasteiger partial charge on any atom is -0.481 e. The SMILES string of the molecule is COC(=O)c1ccc(C(=O)OC)c(NC(=O)[C@@H]2[C@@H](C(=O)O)C2(C)C)c1. The number of benzene rings is 1. The van der Waals surface area contributed by atoms with Gasteiger partial charge >= 0.3 is 17.9 Å². The van der Waals surface area contributed by atoms with E-state index in [1.807, 2.05) is 0 Å². The Hall–Kier alpha value is -2.90. The highest BCUT2D eigenvalue weighted by Gasteiger charge is 2.65. The molecule has 8 heteroatoms. The van der Waals surface area contributed by atoms with Crippen LogP contribution in [-0.4, -0.2) is 43.1 Å². The number of hydrogen-bond acceptors (Lipinski definition) is 6. The molecule has 1 saturated carbocycles. The topological polar surface area (TPSA) is 119 Å². The lowest BCUT2D eigenvalue weighted by Gasteiger charge is -2.12. The molecule has 0 heterocycles. The summed E-state index contributed by atoms with van der Waals surface area (Å²) in [6.07, 6.45) is 0. The van der Waals surface area contributed by atoms with Crippen LogP contribution in [0, 0.1) is 17.3 Å². The van der Waals surface area contributed by atoms with Crippen molar-refractivity contribution in [2.75, 3.05) is 19.5 Å². The predicted octanol–water partition coefficient (Wildman–Crippen LogP) is 1.56. The van der Waals surface area contributed by atoms with E-state index in [-0.39, 0.29) is 16.8 Å². The van der Waals surface area contributed by atoms with Gasteiger partial charge in [0.2, 0.25) is 5.91 Å². The number of carboxylic acids is 1. The molecule has 2 atom stereocenters. The molecular formula is C17H19NO7. The maximum Gasteiger partial charge on any atom is 0.339 e. The Morgan fingerprint density at radius 3 is 2.12 bits per heavy atom. The number of amides is 1. The summed E-state index contributed by atoms with van der Waals surface area (Å²) in [5.74, 6) is -4.47. The molecule has 0 spiro atoms. The zero-order valence-corrected chi connectivity index (χ0v) is 14.3. The molecule has 0 bridgehead atoms. The third kappa shape index (κ3) is 3.33. The number of carboxylic acid groups (broad SMARTS) is 1. The van der Waals surface area contributed by atoms with Crippen LogP contribution in [-0.2, 0) is 19.1 Å². The summed E-state index contributed by atoms with van der Waals surface area (Å²) in [5.41, 5.74) is -0.447. The molecule has 0 aliphatic heterocycles. The lowest BCUT2D eigenvalue weighted by atomic mass is 10.1. The highest BCUT2D eigenvalue weighted by Crippen LogP contribution is 2.58. The van der Waals surface area contributed by atoms with E-state index in [2.05, 4.69) is 14.8 Å². The van der Waals surface area contributed by atoms with Gasteiger partial charge < -0.3 is 19.9 Å². The molecule has 0 saturated heterocycles. The third-order valence-corrected chi connectivity index (χ3v) is 4.48. The molecule has 2 rings (SSSR count). The molecular weight excluding hydrogens is 330 g/mol. The van der Waals surface area contributed by atoms with Gasteiger partial charge in [-0.1, -0.05) is 13.8 Å². The van der Waals surface area contributed by atoms with Crippen LogP contribution in [0.25, 0.3) is 0 Å². The lowest BCUT2D eigenvalue weighted by molar-refractivity contribution is -0.140. The minimum absolute atomic E-state index is 0.0498. The first-order chi connectivity index (χ1) is 11.6. The van der Waals surface area contributed by atoms with Crippen LogP contribution in [0.2, 0.25) is 0 Å². The van der Waals surface area contributed by atoms with E-state index in [1.165, 1.54) is 32.4 Å². The molecule has 0 radical (unpaired) electrons. The molecule has 134 valence electrons. The van der Waals surface area contributed by atoms with Crippen molar-refractivity contribution < 1.29 is 33.8 Å². The van der Waals surface area contributed by atoms with Crippen molar-refractivity contribution in [1.82, 2.24) is 0 Å². The summed E-state index contributed by atoms with van der Waals surface area (Å²) >= 11 is 0. The van der Waals surface area contributed by atoms with Crippen molar-refractivity contribution in [1.29, 1.82) is 0 Å². The number of ether oxygens (including phenoxy) is 2. The first-order valence-electron chi connectivity index (χ1n) is 7.49. The van der Waals surface area contributed by atoms with Crippen molar-refractivity contribution in [3.63, 3.8) is 0 Å². The number of rotatable bonds is 5. The summed E-state index contributed by atoms with van der Waals surface area (Å²) in [6.45, 7) is 3.37. The number of nitrogens with one attached hydrogen (secondary N) is 1. The van der Waals surface area contributed by atoms with Crippen LogP contribution in [0.5, 0.6) is 0 Å². The molecule has 0 aromatic heterocycles. The minimum atomic E-state index is -1.05. The highest BCUT2D eigenvalue weighted by molar-refractivity contribution is 6.06. The van der Waals surface area contributed by atoms with Gasteiger partial charge in [-0.2, -0.15) is 0 Å². The zero-order valence-electron chi connectivity index (χ0n) is 14.3. The van der Waals surface area contributed by atoms with Crippen LogP contribution < -0.4 is 5.32 Å². The quantitative estimate of drug-likeness (QED) is 0.774. The molecule has 25 heavy (non-hydrogen) atoms. The first-order valence-corrected chi connectivity index (χ1v) is 7.49. The molecule has 8 nitrogen and oxygen atoms in total. The monoisotopic (exact) mass is 349 g/mol. The first kappa shape index (κ1) is 18.4. The van der Waals surface area contributed by atoms with Crippen LogP contribution in [0.4, 0.5) is 5.69 Å². The largest absolute Gasteiger partial charge is 0.481 e. The fourth-order valence-corrected chi connectivity index (χ4v) is 2.98. The number of carbonyl (C=O) groups is 4. The normalized spacial score (nSPS) is 20.3. The van der Waals surface area contributed by atoms with E-state index in [4.69, 9.17) is 0 Å². The molecule has 1 aliphatic rings. The van der Waals surface area contributed by atoms with Crippen molar-refractivity contribution in [3.05, 3.63) is 29.3 Å². The molecule has 1 aromatic carbocycles. The zero-order chi connectivity index (χ0) is 18.9. The summed E-state index contributed by atoms with van der Waals surface area (Å²) < 4.78 is 9.28. The second-order valence-electron chi connectivity index (χ2n) is 6.35. The van der Waals surface area contributed by atoms with Gasteiger partial charge in [0, 0.05) is 0 Å². The van der Waals surface area contributed by atoms with E-state index < -0.39 is 41.1 Å². The van der Waals surface area contributed by atoms with E-state index in [0.29, 0.717) is 0 Å². The number of anilines is 1. The number of esters is 2. The maximum absolute atomic E-state index is 12.5. The van der Waals surface area contributed by atoms with Crippen molar-refractivity contribution in [2.45, 2.75) is 13.8 Å². The number of methoxy groups -OCH3 is 2. The molecule has 1 fully saturated rings. The van der Waals surface area contributed by atoms with Crippen LogP contribution in [0.1, 0.15) is 34.6 Å². The third-order valence-electron chi connectivity index (χ3n) is 4.48. The summed E-state index contributed by atoms with van der Waals surface area (Å²) in [5, 5.41) is 11.7. The van der Waals surface area contributed by atoms with Gasteiger partial charge in [0.25, 0.3) is 0 Å². The van der Waals surface area contributed by atoms with Crippen molar-refractivity contribution in [2.24, 2.45) is 17.3 Å². The number of aliphatic carboxylic acids is 1. The molecule has 1 aliphatic carbocycles. The van der Waals surface area contributed by atoms with Gasteiger partial charge in [-0.15, -0.1) is 0 Å². The fourth-order valence-electron chi connectivity index (χ4n) is 2.98. The van der Waals surface area contributed by atoms with Crippen LogP contribution in [0.15, 0.2) is 18.2 Å². The molecule has 1 amide bonds. The van der Waals surface area contributed by atoms with Gasteiger partial charge in [0.1, 0.15) is 0 Å². The second-order valence-corrected chi connectivity index (χ2v) is 6.35. The predicted molar refractivity (Wildman–Crippen MR) is 86.1 cm³/mol. The van der Waals surface area contributed by atoms with Gasteiger partial charge in [0.15, 0.2) is 0 Å². The van der Waals surface area contributed by atoms with E-state index >= 15 is 0 Å². The van der Waals surface area contributed by atoms with Crippen molar-refractivity contribution in [3.8, 4) is 0 Å². The highest BCUT2D eigenvalue weighted by atomic mass is 16.5. The Balaban J connectivity index is 2.33. The Morgan fingerprint density at radius 2 is 1.64 bits per heavy atom. The maximum atomic E-state index is 12.5. The van der Waals surface area contributed by atoms with Gasteiger partial charge in [-0.25, -0.2) is 9.59 Å². The Bertz CT molecular complexity index is 753. The van der Waals surface area contributed by atoms with Gasteiger partial charge in [-0.05, 0) is 23.6 Å². The number of hydrogen-bond donors (Lipinski definition) is 2. The van der Waals surface area contributed by atoms with Gasteiger partial charge in [-0.3, -0.25) is 9.59 Å². The summed E-state index contributed by atoms with van der Waals surface area (Å²) in [4.78, 5) is 47.2. The molecule has 2 N–H and O–H groups in total. The average molecular weight is 349 g/mol. The van der Waals surface area contributed by atoms with Crippen molar-refractivity contribution >= 4 is 29.5 Å². The fraction of sp³-hybridized carbons (Fsp3) is 0.412.